The predicted octanol–water partition coefficient (Wildman–Crippen LogP) is 5.21. The number of carbonyl (C=O) groups is 1. The number of hydrogen-bond acceptors (Lipinski definition) is 6. The minimum atomic E-state index is 0.171. The Hall–Kier alpha value is -3.61. The van der Waals surface area contributed by atoms with E-state index in [2.05, 4.69) is 34.4 Å². The van der Waals surface area contributed by atoms with Gasteiger partial charge < -0.3 is 15.0 Å². The summed E-state index contributed by atoms with van der Waals surface area (Å²) in [5, 5.41) is 10.4. The van der Waals surface area contributed by atoms with Crippen LogP contribution in [0.4, 0.5) is 5.69 Å². The van der Waals surface area contributed by atoms with Gasteiger partial charge in [0.15, 0.2) is 12.0 Å². The molecule has 0 radical (unpaired) electrons. The first kappa shape index (κ1) is 24.5. The van der Waals surface area contributed by atoms with Gasteiger partial charge in [0, 0.05) is 37.7 Å². The van der Waals surface area contributed by atoms with Crippen LogP contribution in [0, 0.1) is 0 Å². The summed E-state index contributed by atoms with van der Waals surface area (Å²) < 4.78 is 6.09. The van der Waals surface area contributed by atoms with Crippen molar-refractivity contribution in [1.29, 1.82) is 0 Å². The maximum atomic E-state index is 12.2. The molecular weight excluding hydrogens is 460 g/mol. The summed E-state index contributed by atoms with van der Waals surface area (Å²) >= 11 is 6.01. The average Bonchev–Trinajstić information content (AvgIpc) is 2.90. The van der Waals surface area contributed by atoms with E-state index < -0.39 is 0 Å². The van der Waals surface area contributed by atoms with Crippen LogP contribution in [0.5, 0.6) is 5.75 Å². The first-order chi connectivity index (χ1) is 17.0. The summed E-state index contributed by atoms with van der Waals surface area (Å²) in [5.41, 5.74) is 3.72. The second-order valence-corrected chi connectivity index (χ2v) is 8.79. The molecule has 0 amide bonds. The smallest absolute Gasteiger partial charge is 0.191 e. The number of benzene rings is 3. The van der Waals surface area contributed by atoms with Crippen LogP contribution in [-0.4, -0.2) is 50.1 Å². The third-order valence-electron chi connectivity index (χ3n) is 5.91. The van der Waals surface area contributed by atoms with Gasteiger partial charge in [-0.2, -0.15) is 5.10 Å². The summed E-state index contributed by atoms with van der Waals surface area (Å²) in [6.45, 7) is 4.47. The van der Waals surface area contributed by atoms with Crippen LogP contribution in [-0.2, 0) is 4.79 Å². The molecule has 35 heavy (non-hydrogen) atoms. The minimum absolute atomic E-state index is 0.171. The van der Waals surface area contributed by atoms with Gasteiger partial charge in [0.1, 0.15) is 11.4 Å². The Morgan fingerprint density at radius 3 is 2.40 bits per heavy atom. The van der Waals surface area contributed by atoms with Crippen molar-refractivity contribution in [1.82, 2.24) is 10.2 Å². The number of piperazine rings is 1. The molecule has 4 rings (SSSR count). The van der Waals surface area contributed by atoms with Crippen molar-refractivity contribution < 1.29 is 9.53 Å². The van der Waals surface area contributed by atoms with E-state index in [1.165, 1.54) is 0 Å². The van der Waals surface area contributed by atoms with Crippen LogP contribution in [0.25, 0.3) is 11.1 Å². The van der Waals surface area contributed by atoms with Crippen LogP contribution in [0.3, 0.4) is 0 Å². The molecule has 1 atom stereocenters. The number of nitrogens with zero attached hydrogens (tertiary/aromatic N) is 3. The lowest BCUT2D eigenvalue weighted by molar-refractivity contribution is -0.106. The van der Waals surface area contributed by atoms with Gasteiger partial charge in [0.2, 0.25) is 0 Å². The molecule has 0 saturated carbocycles. The van der Waals surface area contributed by atoms with Gasteiger partial charge in [-0.1, -0.05) is 54.1 Å². The third-order valence-corrected chi connectivity index (χ3v) is 6.16. The van der Waals surface area contributed by atoms with Crippen LogP contribution < -0.4 is 15.1 Å². The number of hydrogen-bond donors (Lipinski definition) is 1. The fourth-order valence-electron chi connectivity index (χ4n) is 3.95. The van der Waals surface area contributed by atoms with Crippen molar-refractivity contribution in [2.24, 2.45) is 5.10 Å². The summed E-state index contributed by atoms with van der Waals surface area (Å²) in [4.78, 5) is 14.4. The molecule has 1 aliphatic heterocycles. The Bertz CT molecular complexity index is 1180. The predicted molar refractivity (Wildman–Crippen MR) is 143 cm³/mol. The monoisotopic (exact) mass is 488 g/mol. The molecule has 0 aliphatic carbocycles. The standard InChI is InChI=1S/C28H29ClN4O2/c1-21-18-30-16-17-33(21)27(19-31-32(2)25-12-10-24(29)11-13-25)28(20-34)35-26-14-8-23(9-15-26)22-6-4-3-5-7-22/h3-15,19-21,30H,16-18H2,1-2H3/b28-27-,31-19+/t21-/m1/s1. The van der Waals surface area contributed by atoms with Crippen molar-refractivity contribution in [2.75, 3.05) is 31.7 Å². The summed E-state index contributed by atoms with van der Waals surface area (Å²) in [6.07, 6.45) is 2.45. The van der Waals surface area contributed by atoms with E-state index in [1.54, 1.807) is 11.2 Å². The highest BCUT2D eigenvalue weighted by molar-refractivity contribution is 6.30. The molecule has 0 unspecified atom stereocenters. The molecule has 1 heterocycles. The number of allylic oxidation sites excluding steroid dienone is 2. The molecule has 0 bridgehead atoms. The molecule has 0 aromatic heterocycles. The largest absolute Gasteiger partial charge is 0.452 e. The van der Waals surface area contributed by atoms with Crippen LogP contribution in [0.1, 0.15) is 6.92 Å². The maximum Gasteiger partial charge on any atom is 0.191 e. The first-order valence-corrected chi connectivity index (χ1v) is 12.0. The highest BCUT2D eigenvalue weighted by atomic mass is 35.5. The molecule has 1 fully saturated rings. The van der Waals surface area contributed by atoms with Gasteiger partial charge in [-0.05, 0) is 54.4 Å². The lowest BCUT2D eigenvalue weighted by Crippen LogP contribution is -2.50. The molecule has 3 aromatic carbocycles. The van der Waals surface area contributed by atoms with Gasteiger partial charge in [-0.25, -0.2) is 0 Å². The maximum absolute atomic E-state index is 12.2. The third kappa shape index (κ3) is 6.29. The van der Waals surface area contributed by atoms with Crippen molar-refractivity contribution >= 4 is 29.8 Å². The van der Waals surface area contributed by atoms with Gasteiger partial charge >= 0.3 is 0 Å². The van der Waals surface area contributed by atoms with E-state index in [9.17, 15) is 4.79 Å². The zero-order valence-electron chi connectivity index (χ0n) is 19.9. The van der Waals surface area contributed by atoms with E-state index in [-0.39, 0.29) is 11.8 Å². The Balaban J connectivity index is 1.62. The summed E-state index contributed by atoms with van der Waals surface area (Å²) in [5.74, 6) is 0.811. The molecule has 0 spiro atoms. The van der Waals surface area contributed by atoms with Gasteiger partial charge in [0.05, 0.1) is 11.9 Å². The second kappa shape index (κ2) is 11.7. The van der Waals surface area contributed by atoms with Crippen LogP contribution in [0.2, 0.25) is 5.02 Å². The number of hydrazone groups is 1. The second-order valence-electron chi connectivity index (χ2n) is 8.35. The topological polar surface area (TPSA) is 57.2 Å². The number of ether oxygens (including phenoxy) is 1. The molecule has 7 heteroatoms. The summed E-state index contributed by atoms with van der Waals surface area (Å²) in [7, 11) is 1.85. The number of anilines is 1. The lowest BCUT2D eigenvalue weighted by atomic mass is 10.1. The SMILES string of the molecule is C[C@@H]1CNCCN1C(/C=N/N(C)c1ccc(Cl)cc1)=C(/C=O)Oc1ccc(-c2ccccc2)cc1. The molecule has 3 aromatic rings. The van der Waals surface area contributed by atoms with Gasteiger partial charge in [-0.15, -0.1) is 0 Å². The minimum Gasteiger partial charge on any atom is -0.452 e. The summed E-state index contributed by atoms with van der Waals surface area (Å²) in [6, 6.07) is 25.4. The van der Waals surface area contributed by atoms with Crippen molar-refractivity contribution in [3.05, 3.63) is 95.3 Å². The van der Waals surface area contributed by atoms with Gasteiger partial charge in [0.25, 0.3) is 0 Å². The molecule has 1 aliphatic rings. The number of carbonyl (C=O) groups excluding carboxylic acids is 1. The molecule has 6 nitrogen and oxygen atoms in total. The molecular formula is C28H29ClN4O2. The van der Waals surface area contributed by atoms with Crippen molar-refractivity contribution in [3.8, 4) is 16.9 Å². The fourth-order valence-corrected chi connectivity index (χ4v) is 4.08. The average molecular weight is 489 g/mol. The lowest BCUT2D eigenvalue weighted by Gasteiger charge is -2.36. The highest BCUT2D eigenvalue weighted by Gasteiger charge is 2.23. The van der Waals surface area contributed by atoms with Crippen molar-refractivity contribution in [3.63, 3.8) is 0 Å². The first-order valence-electron chi connectivity index (χ1n) is 11.6. The fraction of sp³-hybridized carbons (Fsp3) is 0.214. The van der Waals surface area contributed by atoms with Gasteiger partial charge in [-0.3, -0.25) is 9.80 Å². The van der Waals surface area contributed by atoms with E-state index in [0.29, 0.717) is 16.5 Å². The molecule has 180 valence electrons. The highest BCUT2D eigenvalue weighted by Crippen LogP contribution is 2.24. The number of aldehydes is 1. The van der Waals surface area contributed by atoms with E-state index in [4.69, 9.17) is 16.3 Å². The van der Waals surface area contributed by atoms with Crippen LogP contribution in [0.15, 0.2) is 95.4 Å². The Morgan fingerprint density at radius 1 is 1.06 bits per heavy atom. The van der Waals surface area contributed by atoms with E-state index >= 15 is 0 Å². The molecule has 1 saturated heterocycles. The van der Waals surface area contributed by atoms with Crippen LogP contribution >= 0.6 is 11.6 Å². The van der Waals surface area contributed by atoms with E-state index in [1.807, 2.05) is 73.8 Å². The normalized spacial score (nSPS) is 16.7. The Kier molecular flexibility index (Phi) is 8.19. The van der Waals surface area contributed by atoms with Crippen molar-refractivity contribution in [2.45, 2.75) is 13.0 Å². The number of halogens is 1. The Labute approximate surface area is 211 Å². The zero-order valence-corrected chi connectivity index (χ0v) is 20.7. The quantitative estimate of drug-likeness (QED) is 0.155. The Morgan fingerprint density at radius 2 is 1.74 bits per heavy atom. The molecule has 1 N–H and O–H groups in total. The van der Waals surface area contributed by atoms with E-state index in [0.717, 1.165) is 42.7 Å². The number of nitrogens with one attached hydrogen (secondary N) is 1. The zero-order chi connectivity index (χ0) is 24.6. The number of rotatable bonds is 8.